The molecule has 0 rings (SSSR count). The van der Waals surface area contributed by atoms with E-state index in [-0.39, 0.29) is 0 Å². The smallest absolute Gasteiger partial charge is 0.199 e. The first-order valence-electron chi connectivity index (χ1n) is 3.60. The van der Waals surface area contributed by atoms with Gasteiger partial charge in [0.15, 0.2) is 0 Å². The van der Waals surface area contributed by atoms with Crippen LogP contribution in [0.25, 0.3) is 0 Å². The molecular weight excluding hydrogens is 255 g/mol. The van der Waals surface area contributed by atoms with Crippen LogP contribution in [0.3, 0.4) is 0 Å². The summed E-state index contributed by atoms with van der Waals surface area (Å²) in [5.74, 6) is -17.5. The van der Waals surface area contributed by atoms with Gasteiger partial charge >= 0.3 is 23.9 Å². The molecule has 0 saturated carbocycles. The second-order valence-corrected chi connectivity index (χ2v) is 2.90. The largest absolute Gasteiger partial charge is 0.395 e. The summed E-state index contributed by atoms with van der Waals surface area (Å²) in [6, 6.07) is 0. The summed E-state index contributed by atoms with van der Waals surface area (Å²) in [7, 11) is 0. The van der Waals surface area contributed by atoms with E-state index in [1.54, 1.807) is 0 Å². The third-order valence-corrected chi connectivity index (χ3v) is 1.56. The molecule has 0 unspecified atom stereocenters. The molecule has 0 fully saturated rings. The molecule has 0 aliphatic rings. The lowest BCUT2D eigenvalue weighted by Crippen LogP contribution is -2.54. The van der Waals surface area contributed by atoms with E-state index >= 15 is 0 Å². The van der Waals surface area contributed by atoms with Crippen LogP contribution in [0.4, 0.5) is 39.5 Å². The molecule has 0 radical (unpaired) electrons. The zero-order chi connectivity index (χ0) is 13.4. The fourth-order valence-electron chi connectivity index (χ4n) is 0.735. The molecule has 96 valence electrons. The maximum Gasteiger partial charge on any atom is 0.395 e. The van der Waals surface area contributed by atoms with Crippen LogP contribution in [0.2, 0.25) is 0 Å². The number of hydrogen-bond acceptors (Lipinski definition) is 0. The summed E-state index contributed by atoms with van der Waals surface area (Å²) in [5, 5.41) is 0. The fourth-order valence-corrected chi connectivity index (χ4v) is 0.735. The highest BCUT2D eigenvalue weighted by Gasteiger charge is 2.72. The highest BCUT2D eigenvalue weighted by Crippen LogP contribution is 2.50. The predicted octanol–water partition coefficient (Wildman–Crippen LogP) is 4.03. The van der Waals surface area contributed by atoms with Crippen molar-refractivity contribution in [1.82, 2.24) is 0 Å². The van der Waals surface area contributed by atoms with Gasteiger partial charge in [-0.25, -0.2) is 0 Å². The molecule has 16 heavy (non-hydrogen) atoms. The van der Waals surface area contributed by atoms with Gasteiger partial charge in [-0.05, 0) is 6.08 Å². The van der Waals surface area contributed by atoms with Gasteiger partial charge in [0.1, 0.15) is 6.42 Å². The molecule has 0 N–H and O–H groups in total. The van der Waals surface area contributed by atoms with Gasteiger partial charge in [0.2, 0.25) is 0 Å². The number of halogens is 9. The van der Waals surface area contributed by atoms with Crippen molar-refractivity contribution in [3.63, 3.8) is 0 Å². The third-order valence-electron chi connectivity index (χ3n) is 1.56. The fraction of sp³-hybridized carbons (Fsp3) is 0.714. The van der Waals surface area contributed by atoms with Crippen LogP contribution in [0.1, 0.15) is 6.42 Å². The number of allylic oxidation sites excluding steroid dienone is 1. The van der Waals surface area contributed by atoms with E-state index in [0.29, 0.717) is 0 Å². The van der Waals surface area contributed by atoms with Crippen molar-refractivity contribution in [2.75, 3.05) is 0 Å². The second kappa shape index (κ2) is 3.85. The lowest BCUT2D eigenvalue weighted by Gasteiger charge is -2.31. The van der Waals surface area contributed by atoms with Crippen LogP contribution in [0.5, 0.6) is 0 Å². The van der Waals surface area contributed by atoms with E-state index in [9.17, 15) is 39.5 Å². The normalized spacial score (nSPS) is 15.1. The van der Waals surface area contributed by atoms with Gasteiger partial charge in [-0.15, -0.1) is 0 Å². The molecule has 0 aliphatic carbocycles. The summed E-state index contributed by atoms with van der Waals surface area (Å²) in [4.78, 5) is 0. The standard InChI is InChI=1S/C7H5F9/c1-2-4(8,9)7(15,16)5(10,11)3-6(12,13)14/h2H,1,3H2. The van der Waals surface area contributed by atoms with Crippen molar-refractivity contribution in [2.45, 2.75) is 30.4 Å². The van der Waals surface area contributed by atoms with Crippen LogP contribution in [-0.4, -0.2) is 23.9 Å². The average molecular weight is 260 g/mol. The maximum absolute atomic E-state index is 12.4. The van der Waals surface area contributed by atoms with Gasteiger partial charge in [-0.2, -0.15) is 39.5 Å². The number of rotatable bonds is 4. The molecule has 0 aliphatic heterocycles. The van der Waals surface area contributed by atoms with Crippen molar-refractivity contribution in [2.24, 2.45) is 0 Å². The van der Waals surface area contributed by atoms with E-state index in [2.05, 4.69) is 6.58 Å². The zero-order valence-electron chi connectivity index (χ0n) is 7.39. The Morgan fingerprint density at radius 2 is 1.19 bits per heavy atom. The van der Waals surface area contributed by atoms with Gasteiger partial charge in [0.05, 0.1) is 0 Å². The van der Waals surface area contributed by atoms with Gasteiger partial charge in [-0.1, -0.05) is 6.58 Å². The first-order valence-corrected chi connectivity index (χ1v) is 3.60. The highest BCUT2D eigenvalue weighted by molar-refractivity contribution is 5.05. The van der Waals surface area contributed by atoms with E-state index in [4.69, 9.17) is 0 Å². The molecule has 0 atom stereocenters. The molecule has 0 amide bonds. The minimum Gasteiger partial charge on any atom is -0.199 e. The predicted molar refractivity (Wildman–Crippen MR) is 35.7 cm³/mol. The molecular formula is C7H5F9. The summed E-state index contributed by atoms with van der Waals surface area (Å²) < 4.78 is 109. The van der Waals surface area contributed by atoms with Crippen molar-refractivity contribution in [3.05, 3.63) is 12.7 Å². The van der Waals surface area contributed by atoms with Crippen molar-refractivity contribution >= 4 is 0 Å². The molecule has 0 aromatic rings. The van der Waals surface area contributed by atoms with Crippen molar-refractivity contribution < 1.29 is 39.5 Å². The van der Waals surface area contributed by atoms with Crippen LogP contribution in [0, 0.1) is 0 Å². The highest BCUT2D eigenvalue weighted by atomic mass is 19.4. The molecule has 9 heteroatoms. The summed E-state index contributed by atoms with van der Waals surface area (Å²) in [5.41, 5.74) is 0. The van der Waals surface area contributed by atoms with Crippen LogP contribution < -0.4 is 0 Å². The third kappa shape index (κ3) is 2.82. The molecule has 0 nitrogen and oxygen atoms in total. The van der Waals surface area contributed by atoms with Gasteiger partial charge in [0.25, 0.3) is 0 Å². The summed E-state index contributed by atoms with van der Waals surface area (Å²) in [6.45, 7) is 2.16. The van der Waals surface area contributed by atoms with Crippen molar-refractivity contribution in [1.29, 1.82) is 0 Å². The minimum atomic E-state index is -6.16. The Labute approximate surface area is 83.7 Å². The number of hydrogen-bond donors (Lipinski definition) is 0. The molecule has 0 saturated heterocycles. The topological polar surface area (TPSA) is 0 Å². The van der Waals surface area contributed by atoms with E-state index in [1.807, 2.05) is 0 Å². The van der Waals surface area contributed by atoms with Gasteiger partial charge < -0.3 is 0 Å². The van der Waals surface area contributed by atoms with E-state index < -0.39 is 36.4 Å². The molecule has 0 bridgehead atoms. The van der Waals surface area contributed by atoms with E-state index in [0.717, 1.165) is 0 Å². The lowest BCUT2D eigenvalue weighted by atomic mass is 10.0. The molecule has 0 spiro atoms. The Kier molecular flexibility index (Phi) is 3.63. The SMILES string of the molecule is C=CC(F)(F)C(F)(F)C(F)(F)CC(F)(F)F. The zero-order valence-corrected chi connectivity index (χ0v) is 7.39. The summed E-state index contributed by atoms with van der Waals surface area (Å²) >= 11 is 0. The first-order chi connectivity index (χ1) is 6.77. The number of alkyl halides is 9. The van der Waals surface area contributed by atoms with Crippen LogP contribution in [0.15, 0.2) is 12.7 Å². The van der Waals surface area contributed by atoms with Crippen LogP contribution >= 0.6 is 0 Å². The lowest BCUT2D eigenvalue weighted by molar-refractivity contribution is -0.317. The Balaban J connectivity index is 5.21. The Morgan fingerprint density at radius 3 is 1.44 bits per heavy atom. The quantitative estimate of drug-likeness (QED) is 0.528. The molecule has 0 aromatic carbocycles. The van der Waals surface area contributed by atoms with Gasteiger partial charge in [0, 0.05) is 0 Å². The monoisotopic (exact) mass is 260 g/mol. The average Bonchev–Trinajstić information content (AvgIpc) is 1.99. The summed E-state index contributed by atoms with van der Waals surface area (Å²) in [6.07, 6.45) is -9.85. The van der Waals surface area contributed by atoms with Gasteiger partial charge in [-0.3, -0.25) is 0 Å². The van der Waals surface area contributed by atoms with Crippen LogP contribution in [-0.2, 0) is 0 Å². The first kappa shape index (κ1) is 15.1. The Bertz CT molecular complexity index is 262. The van der Waals surface area contributed by atoms with Crippen molar-refractivity contribution in [3.8, 4) is 0 Å². The molecule has 0 aromatic heterocycles. The van der Waals surface area contributed by atoms with E-state index in [1.165, 1.54) is 0 Å². The minimum absolute atomic E-state index is 0.822. The Morgan fingerprint density at radius 1 is 0.812 bits per heavy atom. The Hall–Kier alpha value is -0.890. The maximum atomic E-state index is 12.4. The molecule has 0 heterocycles. The second-order valence-electron chi connectivity index (χ2n) is 2.90.